The van der Waals surface area contributed by atoms with E-state index in [0.29, 0.717) is 24.4 Å². The number of benzene rings is 1. The van der Waals surface area contributed by atoms with Gasteiger partial charge in [-0.25, -0.2) is 8.78 Å². The van der Waals surface area contributed by atoms with Crippen molar-refractivity contribution in [2.75, 3.05) is 13.1 Å². The number of hydrogen-bond donors (Lipinski definition) is 1. The van der Waals surface area contributed by atoms with Crippen molar-refractivity contribution < 1.29 is 13.6 Å². The SMILES string of the molecule is Cc1[nH]ncc1C(=O)N1CCCC(CCc2ccc(F)c(F)c2)C1. The third kappa shape index (κ3) is 3.63. The maximum atomic E-state index is 13.3. The van der Waals surface area contributed by atoms with Crippen molar-refractivity contribution in [3.05, 3.63) is 52.9 Å². The minimum atomic E-state index is -0.816. The van der Waals surface area contributed by atoms with Crippen molar-refractivity contribution in [3.8, 4) is 0 Å². The molecule has 2 aromatic rings. The number of carbonyl (C=O) groups excluding carboxylic acids is 1. The first-order chi connectivity index (χ1) is 11.5. The fourth-order valence-corrected chi connectivity index (χ4v) is 3.29. The fraction of sp³-hybridized carbons (Fsp3) is 0.444. The van der Waals surface area contributed by atoms with Crippen LogP contribution in [0.15, 0.2) is 24.4 Å². The second kappa shape index (κ2) is 7.11. The summed E-state index contributed by atoms with van der Waals surface area (Å²) in [6.07, 6.45) is 5.14. The zero-order valence-corrected chi connectivity index (χ0v) is 13.7. The van der Waals surface area contributed by atoms with E-state index in [9.17, 15) is 13.6 Å². The number of aryl methyl sites for hydroxylation is 2. The van der Waals surface area contributed by atoms with Crippen LogP contribution in [-0.4, -0.2) is 34.1 Å². The Labute approximate surface area is 139 Å². The lowest BCUT2D eigenvalue weighted by atomic mass is 9.91. The molecule has 1 atom stereocenters. The molecule has 1 aliphatic rings. The maximum Gasteiger partial charge on any atom is 0.257 e. The molecule has 0 bridgehead atoms. The summed E-state index contributed by atoms with van der Waals surface area (Å²) in [5.74, 6) is -1.23. The van der Waals surface area contributed by atoms with Crippen LogP contribution in [0.4, 0.5) is 8.78 Å². The summed E-state index contributed by atoms with van der Waals surface area (Å²) >= 11 is 0. The highest BCUT2D eigenvalue weighted by atomic mass is 19.2. The van der Waals surface area contributed by atoms with Crippen LogP contribution in [0.25, 0.3) is 0 Å². The lowest BCUT2D eigenvalue weighted by Gasteiger charge is -2.32. The Bertz CT molecular complexity index is 729. The molecule has 1 N–H and O–H groups in total. The molecule has 1 aliphatic heterocycles. The molecule has 1 aromatic heterocycles. The number of likely N-dealkylation sites (tertiary alicyclic amines) is 1. The Balaban J connectivity index is 1.58. The first kappa shape index (κ1) is 16.6. The van der Waals surface area contributed by atoms with Gasteiger partial charge in [0.1, 0.15) is 0 Å². The molecule has 0 aliphatic carbocycles. The van der Waals surface area contributed by atoms with Gasteiger partial charge in [-0.15, -0.1) is 0 Å². The van der Waals surface area contributed by atoms with Crippen LogP contribution < -0.4 is 0 Å². The Morgan fingerprint density at radius 2 is 2.21 bits per heavy atom. The number of halogens is 2. The third-order valence-electron chi connectivity index (χ3n) is 4.69. The van der Waals surface area contributed by atoms with Crippen LogP contribution in [0.3, 0.4) is 0 Å². The van der Waals surface area contributed by atoms with Crippen LogP contribution in [0.2, 0.25) is 0 Å². The van der Waals surface area contributed by atoms with E-state index in [2.05, 4.69) is 10.2 Å². The van der Waals surface area contributed by atoms with E-state index < -0.39 is 11.6 Å². The van der Waals surface area contributed by atoms with Gasteiger partial charge in [-0.1, -0.05) is 6.07 Å². The lowest BCUT2D eigenvalue weighted by Crippen LogP contribution is -2.40. The van der Waals surface area contributed by atoms with E-state index in [1.54, 1.807) is 12.3 Å². The average Bonchev–Trinajstić information content (AvgIpc) is 3.01. The first-order valence-corrected chi connectivity index (χ1v) is 8.27. The number of nitrogens with one attached hydrogen (secondary N) is 1. The summed E-state index contributed by atoms with van der Waals surface area (Å²) in [7, 11) is 0. The van der Waals surface area contributed by atoms with Crippen molar-refractivity contribution in [3.63, 3.8) is 0 Å². The van der Waals surface area contributed by atoms with Crippen molar-refractivity contribution in [1.29, 1.82) is 0 Å². The molecule has 1 saturated heterocycles. The molecule has 3 rings (SSSR count). The molecule has 1 fully saturated rings. The zero-order valence-electron chi connectivity index (χ0n) is 13.7. The van der Waals surface area contributed by atoms with Crippen LogP contribution >= 0.6 is 0 Å². The van der Waals surface area contributed by atoms with Gasteiger partial charge < -0.3 is 4.90 Å². The minimum Gasteiger partial charge on any atom is -0.338 e. The highest BCUT2D eigenvalue weighted by Gasteiger charge is 2.25. The molecule has 128 valence electrons. The molecule has 1 amide bonds. The van der Waals surface area contributed by atoms with Gasteiger partial charge in [0.25, 0.3) is 5.91 Å². The number of aromatic amines is 1. The van der Waals surface area contributed by atoms with E-state index >= 15 is 0 Å². The minimum absolute atomic E-state index is 0.0128. The van der Waals surface area contributed by atoms with Gasteiger partial charge in [0.2, 0.25) is 0 Å². The number of H-pyrrole nitrogens is 1. The summed E-state index contributed by atoms with van der Waals surface area (Å²) in [5, 5.41) is 6.70. The molecule has 24 heavy (non-hydrogen) atoms. The average molecular weight is 333 g/mol. The van der Waals surface area contributed by atoms with E-state index in [0.717, 1.165) is 37.1 Å². The molecule has 6 heteroatoms. The number of rotatable bonds is 4. The Kier molecular flexibility index (Phi) is 4.92. The number of nitrogens with zero attached hydrogens (tertiary/aromatic N) is 2. The van der Waals surface area contributed by atoms with Crippen molar-refractivity contribution >= 4 is 5.91 Å². The molecule has 1 unspecified atom stereocenters. The second-order valence-electron chi connectivity index (χ2n) is 6.46. The second-order valence-corrected chi connectivity index (χ2v) is 6.46. The van der Waals surface area contributed by atoms with Gasteiger partial charge in [0.15, 0.2) is 11.6 Å². The molecule has 0 radical (unpaired) electrons. The highest BCUT2D eigenvalue weighted by Crippen LogP contribution is 2.23. The summed E-state index contributed by atoms with van der Waals surface area (Å²) in [6.45, 7) is 3.29. The van der Waals surface area contributed by atoms with E-state index in [4.69, 9.17) is 0 Å². The highest BCUT2D eigenvalue weighted by molar-refractivity contribution is 5.95. The van der Waals surface area contributed by atoms with Gasteiger partial charge >= 0.3 is 0 Å². The number of piperidine rings is 1. The summed E-state index contributed by atoms with van der Waals surface area (Å²) < 4.78 is 26.2. The third-order valence-corrected chi connectivity index (χ3v) is 4.69. The molecule has 4 nitrogen and oxygen atoms in total. The number of aromatic nitrogens is 2. The molecule has 1 aromatic carbocycles. The molecule has 0 saturated carbocycles. The monoisotopic (exact) mass is 333 g/mol. The van der Waals surface area contributed by atoms with Crippen LogP contribution in [0.1, 0.15) is 40.9 Å². The van der Waals surface area contributed by atoms with Gasteiger partial charge in [-0.05, 0) is 56.2 Å². The predicted molar refractivity (Wildman–Crippen MR) is 86.6 cm³/mol. The smallest absolute Gasteiger partial charge is 0.257 e. The maximum absolute atomic E-state index is 13.3. The van der Waals surface area contributed by atoms with Crippen molar-refractivity contribution in [1.82, 2.24) is 15.1 Å². The van der Waals surface area contributed by atoms with Gasteiger partial charge in [-0.3, -0.25) is 9.89 Å². The van der Waals surface area contributed by atoms with Crippen LogP contribution in [0, 0.1) is 24.5 Å². The zero-order chi connectivity index (χ0) is 17.1. The number of amides is 1. The summed E-state index contributed by atoms with van der Waals surface area (Å²) in [5.41, 5.74) is 2.20. The van der Waals surface area contributed by atoms with Gasteiger partial charge in [0.05, 0.1) is 11.8 Å². The number of hydrogen-bond acceptors (Lipinski definition) is 2. The molecular formula is C18H21F2N3O. The van der Waals surface area contributed by atoms with E-state index in [-0.39, 0.29) is 5.91 Å². The topological polar surface area (TPSA) is 49.0 Å². The van der Waals surface area contributed by atoms with Crippen molar-refractivity contribution in [2.45, 2.75) is 32.6 Å². The van der Waals surface area contributed by atoms with Crippen molar-refractivity contribution in [2.24, 2.45) is 5.92 Å². The number of carbonyl (C=O) groups is 1. The quantitative estimate of drug-likeness (QED) is 0.931. The Morgan fingerprint density at radius 3 is 2.92 bits per heavy atom. The Hall–Kier alpha value is -2.24. The Morgan fingerprint density at radius 1 is 1.38 bits per heavy atom. The normalized spacial score (nSPS) is 18.0. The summed E-state index contributed by atoms with van der Waals surface area (Å²) in [4.78, 5) is 14.4. The fourth-order valence-electron chi connectivity index (χ4n) is 3.29. The lowest BCUT2D eigenvalue weighted by molar-refractivity contribution is 0.0667. The molecule has 0 spiro atoms. The molecular weight excluding hydrogens is 312 g/mol. The summed E-state index contributed by atoms with van der Waals surface area (Å²) in [6, 6.07) is 4.05. The van der Waals surface area contributed by atoms with Crippen LogP contribution in [-0.2, 0) is 6.42 Å². The van der Waals surface area contributed by atoms with E-state index in [1.807, 2.05) is 11.8 Å². The van der Waals surface area contributed by atoms with Crippen LogP contribution in [0.5, 0.6) is 0 Å². The van der Waals surface area contributed by atoms with Gasteiger partial charge in [0, 0.05) is 18.8 Å². The van der Waals surface area contributed by atoms with E-state index in [1.165, 1.54) is 12.1 Å². The van der Waals surface area contributed by atoms with Gasteiger partial charge in [-0.2, -0.15) is 5.10 Å². The standard InChI is InChI=1S/C18H21F2N3O/c1-12-15(10-21-22-12)18(24)23-8-2-3-14(11-23)5-4-13-6-7-16(19)17(20)9-13/h6-7,9-10,14H,2-5,8,11H2,1H3,(H,21,22). The largest absolute Gasteiger partial charge is 0.338 e. The first-order valence-electron chi connectivity index (χ1n) is 8.27. The molecule has 2 heterocycles. The predicted octanol–water partition coefficient (Wildman–Crippen LogP) is 3.48.